The van der Waals surface area contributed by atoms with E-state index in [0.29, 0.717) is 21.8 Å². The number of nitrogens with one attached hydrogen (secondary N) is 3. The molecule has 9 heteroatoms. The van der Waals surface area contributed by atoms with Crippen molar-refractivity contribution in [1.29, 1.82) is 0 Å². The maximum absolute atomic E-state index is 6.45. The predicted octanol–water partition coefficient (Wildman–Crippen LogP) is 3.78. The van der Waals surface area contributed by atoms with Crippen molar-refractivity contribution in [2.75, 3.05) is 13.1 Å². The van der Waals surface area contributed by atoms with Gasteiger partial charge in [0, 0.05) is 29.1 Å². The van der Waals surface area contributed by atoms with Gasteiger partial charge in [0.1, 0.15) is 11.5 Å². The fourth-order valence-corrected chi connectivity index (χ4v) is 3.77. The van der Waals surface area contributed by atoms with Crippen LogP contribution in [0.2, 0.25) is 10.0 Å². The lowest BCUT2D eigenvalue weighted by atomic mass is 10.0. The van der Waals surface area contributed by atoms with Crippen LogP contribution < -0.4 is 16.2 Å². The molecule has 0 saturated heterocycles. The predicted molar refractivity (Wildman–Crippen MR) is 109 cm³/mol. The highest BCUT2D eigenvalue weighted by Crippen LogP contribution is 2.34. The van der Waals surface area contributed by atoms with Crippen molar-refractivity contribution in [2.24, 2.45) is 0 Å². The summed E-state index contributed by atoms with van der Waals surface area (Å²) >= 11 is 12.7. The summed E-state index contributed by atoms with van der Waals surface area (Å²) in [5, 5.41) is 13.0. The van der Waals surface area contributed by atoms with Gasteiger partial charge in [-0.05, 0) is 36.8 Å². The molecule has 2 aromatic rings. The number of benzene rings is 1. The minimum atomic E-state index is 0.0320. The minimum Gasteiger partial charge on any atom is -0.419 e. The highest BCUT2D eigenvalue weighted by molar-refractivity contribution is 6.33. The zero-order valence-corrected chi connectivity index (χ0v) is 17.4. The molecule has 0 fully saturated rings. The molecule has 148 valence electrons. The molecule has 1 unspecified atom stereocenters. The Morgan fingerprint density at radius 1 is 1.14 bits per heavy atom. The Morgan fingerprint density at radius 3 is 2.71 bits per heavy atom. The summed E-state index contributed by atoms with van der Waals surface area (Å²) in [4.78, 5) is 2.27. The quantitative estimate of drug-likeness (QED) is 0.694. The molecular formula is C19H22Cl2N6O. The second-order valence-corrected chi connectivity index (χ2v) is 7.97. The molecule has 1 aromatic carbocycles. The second kappa shape index (κ2) is 7.56. The lowest BCUT2D eigenvalue weighted by Gasteiger charge is -2.40. The molecular weight excluding hydrogens is 399 g/mol. The van der Waals surface area contributed by atoms with Gasteiger partial charge in [-0.1, -0.05) is 37.0 Å². The van der Waals surface area contributed by atoms with Crippen molar-refractivity contribution in [3.05, 3.63) is 63.2 Å². The Bertz CT molecular complexity index is 952. The maximum Gasteiger partial charge on any atom is 0.265 e. The van der Waals surface area contributed by atoms with Gasteiger partial charge in [-0.2, -0.15) is 0 Å². The normalized spacial score (nSPS) is 17.5. The number of hydrogen-bond donors (Lipinski definition) is 3. The first-order valence-corrected chi connectivity index (χ1v) is 9.97. The Morgan fingerprint density at radius 2 is 1.96 bits per heavy atom. The van der Waals surface area contributed by atoms with Crippen LogP contribution in [0.1, 0.15) is 50.1 Å². The van der Waals surface area contributed by atoms with Crippen molar-refractivity contribution in [1.82, 2.24) is 31.3 Å². The van der Waals surface area contributed by atoms with Gasteiger partial charge in [0.2, 0.25) is 5.89 Å². The highest BCUT2D eigenvalue weighted by Gasteiger charge is 2.29. The summed E-state index contributed by atoms with van der Waals surface area (Å²) in [6.07, 6.45) is 2.00. The van der Waals surface area contributed by atoms with Crippen LogP contribution in [0, 0.1) is 0 Å². The van der Waals surface area contributed by atoms with Crippen LogP contribution in [0.5, 0.6) is 0 Å². The number of hydrogen-bond acceptors (Lipinski definition) is 7. The first-order valence-electron chi connectivity index (χ1n) is 9.21. The third kappa shape index (κ3) is 3.52. The van der Waals surface area contributed by atoms with Crippen molar-refractivity contribution in [3.63, 3.8) is 0 Å². The van der Waals surface area contributed by atoms with E-state index in [0.717, 1.165) is 35.9 Å². The molecule has 3 heterocycles. The molecule has 2 aliphatic rings. The van der Waals surface area contributed by atoms with Crippen LogP contribution in [0.15, 0.2) is 40.2 Å². The number of halogens is 2. The lowest BCUT2D eigenvalue weighted by Crippen LogP contribution is -2.49. The molecule has 0 saturated carbocycles. The second-order valence-electron chi connectivity index (χ2n) is 7.13. The van der Waals surface area contributed by atoms with E-state index in [4.69, 9.17) is 27.6 Å². The first kappa shape index (κ1) is 19.0. The van der Waals surface area contributed by atoms with E-state index in [1.54, 1.807) is 6.07 Å². The molecule has 4 rings (SSSR count). The number of allylic oxidation sites excluding steroid dienone is 1. The lowest BCUT2D eigenvalue weighted by molar-refractivity contribution is 0.253. The first-order chi connectivity index (χ1) is 13.4. The molecule has 0 bridgehead atoms. The number of aromatic nitrogens is 2. The van der Waals surface area contributed by atoms with Gasteiger partial charge in [0.05, 0.1) is 11.7 Å². The maximum atomic E-state index is 6.45. The average Bonchev–Trinajstić information content (AvgIpc) is 3.19. The van der Waals surface area contributed by atoms with Gasteiger partial charge >= 0.3 is 0 Å². The van der Waals surface area contributed by atoms with E-state index in [1.165, 1.54) is 0 Å². The molecule has 2 aliphatic heterocycles. The fourth-order valence-electron chi connectivity index (χ4n) is 3.32. The SMILES string of the molecule is CC(C)c1nnc(C2=CC3=C(NCCN3C(C)c3cc(Cl)ccc3Cl)NN2)o1. The van der Waals surface area contributed by atoms with E-state index in [2.05, 4.69) is 38.2 Å². The van der Waals surface area contributed by atoms with Crippen LogP contribution >= 0.6 is 23.2 Å². The standard InChI is InChI=1S/C19H22Cl2N6O/c1-10(2)18-25-26-19(28-18)15-9-16-17(24-23-15)22-6-7-27(16)11(3)13-8-12(20)4-5-14(13)21/h4-5,8-11,22-24H,6-7H2,1-3H3. The van der Waals surface area contributed by atoms with Crippen LogP contribution in [0.25, 0.3) is 5.70 Å². The summed E-state index contributed by atoms with van der Waals surface area (Å²) in [6.45, 7) is 7.77. The van der Waals surface area contributed by atoms with Gasteiger partial charge in [-0.15, -0.1) is 10.2 Å². The highest BCUT2D eigenvalue weighted by atomic mass is 35.5. The van der Waals surface area contributed by atoms with E-state index in [-0.39, 0.29) is 12.0 Å². The van der Waals surface area contributed by atoms with Gasteiger partial charge in [0.25, 0.3) is 5.89 Å². The van der Waals surface area contributed by atoms with Crippen LogP contribution in [-0.2, 0) is 0 Å². The number of nitrogens with zero attached hydrogens (tertiary/aromatic N) is 3. The van der Waals surface area contributed by atoms with Gasteiger partial charge < -0.3 is 14.6 Å². The molecule has 1 aromatic heterocycles. The monoisotopic (exact) mass is 420 g/mol. The topological polar surface area (TPSA) is 78.2 Å². The molecule has 0 radical (unpaired) electrons. The van der Waals surface area contributed by atoms with Crippen molar-refractivity contribution in [2.45, 2.75) is 32.7 Å². The number of hydrazine groups is 1. The van der Waals surface area contributed by atoms with E-state index in [9.17, 15) is 0 Å². The fraction of sp³-hybridized carbons (Fsp3) is 0.368. The molecule has 28 heavy (non-hydrogen) atoms. The summed E-state index contributed by atoms with van der Waals surface area (Å²) in [5.41, 5.74) is 9.01. The molecule has 0 spiro atoms. The zero-order valence-electron chi connectivity index (χ0n) is 15.9. The summed E-state index contributed by atoms with van der Waals surface area (Å²) in [7, 11) is 0. The van der Waals surface area contributed by atoms with Crippen molar-refractivity contribution >= 4 is 28.9 Å². The Hall–Kier alpha value is -2.38. The minimum absolute atomic E-state index is 0.0320. The Labute approximate surface area is 173 Å². The third-order valence-corrected chi connectivity index (χ3v) is 5.44. The Balaban J connectivity index is 1.68. The zero-order chi connectivity index (χ0) is 19.8. The largest absolute Gasteiger partial charge is 0.419 e. The summed E-state index contributed by atoms with van der Waals surface area (Å²) < 4.78 is 5.79. The number of rotatable bonds is 4. The average molecular weight is 421 g/mol. The van der Waals surface area contributed by atoms with E-state index in [1.807, 2.05) is 32.1 Å². The van der Waals surface area contributed by atoms with E-state index >= 15 is 0 Å². The van der Waals surface area contributed by atoms with Crippen LogP contribution in [0.4, 0.5) is 0 Å². The molecule has 0 aliphatic carbocycles. The van der Waals surface area contributed by atoms with Crippen LogP contribution in [-0.4, -0.2) is 28.2 Å². The summed E-state index contributed by atoms with van der Waals surface area (Å²) in [5.74, 6) is 2.12. The third-order valence-electron chi connectivity index (χ3n) is 4.86. The smallest absolute Gasteiger partial charge is 0.265 e. The molecule has 7 nitrogen and oxygen atoms in total. The molecule has 3 N–H and O–H groups in total. The molecule has 0 amide bonds. The van der Waals surface area contributed by atoms with Crippen LogP contribution in [0.3, 0.4) is 0 Å². The van der Waals surface area contributed by atoms with Crippen molar-refractivity contribution < 1.29 is 4.42 Å². The Kier molecular flexibility index (Phi) is 5.12. The van der Waals surface area contributed by atoms with E-state index < -0.39 is 0 Å². The van der Waals surface area contributed by atoms with Gasteiger partial charge in [-0.3, -0.25) is 10.9 Å². The van der Waals surface area contributed by atoms with Gasteiger partial charge in [0.15, 0.2) is 0 Å². The summed E-state index contributed by atoms with van der Waals surface area (Å²) in [6, 6.07) is 5.59. The van der Waals surface area contributed by atoms with Crippen molar-refractivity contribution in [3.8, 4) is 0 Å². The molecule has 1 atom stereocenters. The van der Waals surface area contributed by atoms with Gasteiger partial charge in [-0.25, -0.2) is 0 Å².